The van der Waals surface area contributed by atoms with E-state index in [1.807, 2.05) is 39.8 Å². The summed E-state index contributed by atoms with van der Waals surface area (Å²) >= 11 is 0. The van der Waals surface area contributed by atoms with Gasteiger partial charge in [-0.15, -0.1) is 0 Å². The molecule has 0 aromatic heterocycles. The van der Waals surface area contributed by atoms with Crippen molar-refractivity contribution in [3.8, 4) is 5.75 Å². The van der Waals surface area contributed by atoms with Gasteiger partial charge in [0, 0.05) is 0 Å². The summed E-state index contributed by atoms with van der Waals surface area (Å²) in [5.74, 6) is 0.732. The normalized spacial score (nSPS) is 12.5. The first kappa shape index (κ1) is 24.7. The van der Waals surface area contributed by atoms with Gasteiger partial charge in [0.25, 0.3) is 0 Å². The third kappa shape index (κ3) is 5.79. The first-order valence-electron chi connectivity index (χ1n) is 10.4. The second-order valence-electron chi connectivity index (χ2n) is 8.38. The van der Waals surface area contributed by atoms with Crippen LogP contribution in [-0.4, -0.2) is 34.2 Å². The van der Waals surface area contributed by atoms with Crippen molar-refractivity contribution in [3.05, 3.63) is 58.1 Å². The fourth-order valence-corrected chi connectivity index (χ4v) is 4.60. The van der Waals surface area contributed by atoms with E-state index in [-0.39, 0.29) is 24.4 Å². The molecule has 7 heteroatoms. The standard InChI is InChI=1S/C24H34N2O4S/c1-15(2)20-13-21(17(4)12-23(20)30-7)19(6)25-24(27)14-26(31(8,28)29)22-11-9-10-16(3)18(22)5/h9-13,15,19H,14H2,1-8H3,(H,25,27). The number of hydrogen-bond donors (Lipinski definition) is 1. The average Bonchev–Trinajstić information content (AvgIpc) is 2.67. The Morgan fingerprint density at radius 3 is 2.26 bits per heavy atom. The van der Waals surface area contributed by atoms with E-state index in [2.05, 4.69) is 25.2 Å². The Morgan fingerprint density at radius 2 is 1.71 bits per heavy atom. The topological polar surface area (TPSA) is 75.7 Å². The predicted octanol–water partition coefficient (Wildman–Crippen LogP) is 4.39. The highest BCUT2D eigenvalue weighted by Gasteiger charge is 2.24. The maximum Gasteiger partial charge on any atom is 0.241 e. The summed E-state index contributed by atoms with van der Waals surface area (Å²) < 4.78 is 31.6. The molecule has 0 heterocycles. The Hall–Kier alpha value is -2.54. The molecule has 1 atom stereocenters. The number of anilines is 1. The fraction of sp³-hybridized carbons (Fsp3) is 0.458. The molecule has 0 fully saturated rings. The van der Waals surface area contributed by atoms with Gasteiger partial charge in [-0.3, -0.25) is 9.10 Å². The van der Waals surface area contributed by atoms with Crippen LogP contribution in [0.5, 0.6) is 5.75 Å². The highest BCUT2D eigenvalue weighted by atomic mass is 32.2. The molecule has 1 amide bonds. The zero-order chi connectivity index (χ0) is 23.5. The number of nitrogens with one attached hydrogen (secondary N) is 1. The number of amides is 1. The number of carbonyl (C=O) groups excluding carboxylic acids is 1. The van der Waals surface area contributed by atoms with Crippen LogP contribution in [0.1, 0.15) is 60.5 Å². The number of hydrogen-bond acceptors (Lipinski definition) is 4. The van der Waals surface area contributed by atoms with Crippen molar-refractivity contribution < 1.29 is 17.9 Å². The van der Waals surface area contributed by atoms with Gasteiger partial charge in [-0.2, -0.15) is 0 Å². The molecule has 2 aromatic carbocycles. The molecule has 0 spiro atoms. The first-order valence-corrected chi connectivity index (χ1v) is 12.2. The molecule has 170 valence electrons. The van der Waals surface area contributed by atoms with Crippen LogP contribution in [-0.2, 0) is 14.8 Å². The van der Waals surface area contributed by atoms with Crippen LogP contribution in [0.4, 0.5) is 5.69 Å². The molecule has 2 aromatic rings. The van der Waals surface area contributed by atoms with Crippen LogP contribution in [0.3, 0.4) is 0 Å². The number of aryl methyl sites for hydroxylation is 2. The van der Waals surface area contributed by atoms with E-state index in [0.717, 1.165) is 44.1 Å². The van der Waals surface area contributed by atoms with Crippen LogP contribution >= 0.6 is 0 Å². The number of benzene rings is 2. The minimum absolute atomic E-state index is 0.266. The SMILES string of the molecule is COc1cc(C)c(C(C)NC(=O)CN(c2cccc(C)c2C)S(C)(=O)=O)cc1C(C)C. The Balaban J connectivity index is 2.29. The molecule has 1 N–H and O–H groups in total. The van der Waals surface area contributed by atoms with E-state index >= 15 is 0 Å². The summed E-state index contributed by atoms with van der Waals surface area (Å²) in [6.45, 7) is 11.6. The van der Waals surface area contributed by atoms with Crippen LogP contribution in [0.2, 0.25) is 0 Å². The quantitative estimate of drug-likeness (QED) is 0.653. The number of sulfonamides is 1. The van der Waals surface area contributed by atoms with Gasteiger partial charge < -0.3 is 10.1 Å². The maximum absolute atomic E-state index is 12.9. The first-order chi connectivity index (χ1) is 14.4. The van der Waals surface area contributed by atoms with Crippen molar-refractivity contribution in [2.24, 2.45) is 0 Å². The lowest BCUT2D eigenvalue weighted by Gasteiger charge is -2.26. The summed E-state index contributed by atoms with van der Waals surface area (Å²) in [6, 6.07) is 9.19. The van der Waals surface area contributed by atoms with Gasteiger partial charge in [0.1, 0.15) is 12.3 Å². The predicted molar refractivity (Wildman–Crippen MR) is 126 cm³/mol. The largest absolute Gasteiger partial charge is 0.496 e. The molecule has 6 nitrogen and oxygen atoms in total. The average molecular weight is 447 g/mol. The molecule has 0 saturated carbocycles. The summed E-state index contributed by atoms with van der Waals surface area (Å²) in [5.41, 5.74) is 5.38. The molecule has 0 saturated heterocycles. The molecular weight excluding hydrogens is 412 g/mol. The van der Waals surface area contributed by atoms with E-state index in [1.165, 1.54) is 0 Å². The summed E-state index contributed by atoms with van der Waals surface area (Å²) in [7, 11) is -1.98. The maximum atomic E-state index is 12.9. The van der Waals surface area contributed by atoms with E-state index in [4.69, 9.17) is 4.74 Å². The highest BCUT2D eigenvalue weighted by molar-refractivity contribution is 7.92. The lowest BCUT2D eigenvalue weighted by atomic mass is 9.93. The lowest BCUT2D eigenvalue weighted by molar-refractivity contribution is -0.120. The number of ether oxygens (including phenoxy) is 1. The van der Waals surface area contributed by atoms with Gasteiger partial charge in [0.05, 0.1) is 25.1 Å². The number of carbonyl (C=O) groups is 1. The van der Waals surface area contributed by atoms with E-state index < -0.39 is 10.0 Å². The van der Waals surface area contributed by atoms with Crippen LogP contribution in [0.25, 0.3) is 0 Å². The fourth-order valence-electron chi connectivity index (χ4n) is 3.69. The van der Waals surface area contributed by atoms with Crippen LogP contribution in [0, 0.1) is 20.8 Å². The van der Waals surface area contributed by atoms with Crippen molar-refractivity contribution in [2.75, 3.05) is 24.2 Å². The Labute approximate surface area is 186 Å². The molecule has 0 bridgehead atoms. The molecule has 2 rings (SSSR count). The van der Waals surface area contributed by atoms with E-state index in [0.29, 0.717) is 5.69 Å². The number of rotatable bonds is 8. The van der Waals surface area contributed by atoms with E-state index in [1.54, 1.807) is 19.2 Å². The monoisotopic (exact) mass is 446 g/mol. The van der Waals surface area contributed by atoms with Gasteiger partial charge in [-0.1, -0.05) is 26.0 Å². The number of nitrogens with zero attached hydrogens (tertiary/aromatic N) is 1. The third-order valence-corrected chi connectivity index (χ3v) is 6.74. The second-order valence-corrected chi connectivity index (χ2v) is 10.3. The van der Waals surface area contributed by atoms with Gasteiger partial charge in [-0.05, 0) is 79.6 Å². The molecule has 1 unspecified atom stereocenters. The summed E-state index contributed by atoms with van der Waals surface area (Å²) in [5, 5.41) is 2.96. The van der Waals surface area contributed by atoms with Gasteiger partial charge in [0.2, 0.25) is 15.9 Å². The Bertz CT molecular complexity index is 1060. The smallest absolute Gasteiger partial charge is 0.241 e. The zero-order valence-corrected chi connectivity index (χ0v) is 20.6. The van der Waals surface area contributed by atoms with Crippen molar-refractivity contribution >= 4 is 21.6 Å². The molecule has 0 aliphatic carbocycles. The van der Waals surface area contributed by atoms with Crippen molar-refractivity contribution in [3.63, 3.8) is 0 Å². The second kappa shape index (κ2) is 9.73. The Kier molecular flexibility index (Phi) is 7.76. The van der Waals surface area contributed by atoms with Gasteiger partial charge in [0.15, 0.2) is 0 Å². The van der Waals surface area contributed by atoms with Crippen molar-refractivity contribution in [1.82, 2.24) is 5.32 Å². The molecular formula is C24H34N2O4S. The van der Waals surface area contributed by atoms with Crippen molar-refractivity contribution in [1.29, 1.82) is 0 Å². The summed E-state index contributed by atoms with van der Waals surface area (Å²) in [4.78, 5) is 12.9. The highest BCUT2D eigenvalue weighted by Crippen LogP contribution is 2.32. The third-order valence-electron chi connectivity index (χ3n) is 5.62. The van der Waals surface area contributed by atoms with E-state index in [9.17, 15) is 13.2 Å². The molecule has 31 heavy (non-hydrogen) atoms. The zero-order valence-electron chi connectivity index (χ0n) is 19.7. The van der Waals surface area contributed by atoms with Crippen LogP contribution in [0.15, 0.2) is 30.3 Å². The van der Waals surface area contributed by atoms with Crippen molar-refractivity contribution in [2.45, 2.75) is 53.5 Å². The minimum atomic E-state index is -3.63. The van der Waals surface area contributed by atoms with Crippen LogP contribution < -0.4 is 14.4 Å². The lowest BCUT2D eigenvalue weighted by Crippen LogP contribution is -2.41. The molecule has 0 aliphatic heterocycles. The molecule has 0 aliphatic rings. The van der Waals surface area contributed by atoms with Gasteiger partial charge >= 0.3 is 0 Å². The van der Waals surface area contributed by atoms with Gasteiger partial charge in [-0.25, -0.2) is 8.42 Å². The summed E-state index contributed by atoms with van der Waals surface area (Å²) in [6.07, 6.45) is 1.12. The molecule has 0 radical (unpaired) electrons. The Morgan fingerprint density at radius 1 is 1.06 bits per heavy atom. The minimum Gasteiger partial charge on any atom is -0.496 e. The number of methoxy groups -OCH3 is 1.